The summed E-state index contributed by atoms with van der Waals surface area (Å²) in [6.45, 7) is 17.1. The Balaban J connectivity index is 0.751. The van der Waals surface area contributed by atoms with E-state index in [-0.39, 0.29) is 16.2 Å². The standard InChI is InChI=1S/C81H62O/c1-8-82-54-36-29-48(30-37-54)75-61-20-9-11-22-63(61)76(64-23-12-10-21-62(64)75)52-34-41-59-57-38-31-49(43-70(57)80(4,5)73(59)46-52)50-32-39-58-60-42-35-53(47-74(60)81(6,7)71(58)44-50)78-67-26-15-13-24-65(67)77(66-25-14-16-27-68(66)78)51-33-40-56-55-19-17-18-28-69(55)79(2,3)72(56)45-51/h9-47H,8H2,1-7H3. The number of hydrogen-bond acceptors (Lipinski definition) is 1. The lowest BCUT2D eigenvalue weighted by Crippen LogP contribution is -2.15. The van der Waals surface area contributed by atoms with Crippen LogP contribution in [0.5, 0.6) is 5.75 Å². The highest BCUT2D eigenvalue weighted by molar-refractivity contribution is 6.23. The summed E-state index contributed by atoms with van der Waals surface area (Å²) in [6, 6.07) is 89.9. The minimum absolute atomic E-state index is 0.0822. The van der Waals surface area contributed by atoms with Gasteiger partial charge in [-0.15, -0.1) is 0 Å². The Bertz CT molecular complexity index is 4770. The molecule has 392 valence electrons. The highest BCUT2D eigenvalue weighted by Crippen LogP contribution is 2.56. The normalized spacial score (nSPS) is 14.6. The van der Waals surface area contributed by atoms with Crippen molar-refractivity contribution in [3.8, 4) is 94.8 Å². The fourth-order valence-corrected chi connectivity index (χ4v) is 15.4. The van der Waals surface area contributed by atoms with Gasteiger partial charge in [-0.25, -0.2) is 0 Å². The maximum absolute atomic E-state index is 5.85. The van der Waals surface area contributed by atoms with Gasteiger partial charge in [0.05, 0.1) is 6.61 Å². The molecule has 0 amide bonds. The Morgan fingerprint density at radius 2 is 0.488 bits per heavy atom. The van der Waals surface area contributed by atoms with E-state index in [1.807, 2.05) is 6.92 Å². The minimum atomic E-state index is -0.222. The van der Waals surface area contributed by atoms with Crippen molar-refractivity contribution >= 4 is 43.1 Å². The first-order chi connectivity index (χ1) is 39.9. The second-order valence-electron chi connectivity index (χ2n) is 24.9. The van der Waals surface area contributed by atoms with Crippen molar-refractivity contribution in [2.24, 2.45) is 0 Å². The van der Waals surface area contributed by atoms with E-state index in [1.165, 1.54) is 165 Å². The van der Waals surface area contributed by atoms with Gasteiger partial charge in [-0.05, 0) is 215 Å². The molecule has 0 aliphatic heterocycles. The lowest BCUT2D eigenvalue weighted by Gasteiger charge is -2.24. The van der Waals surface area contributed by atoms with Crippen LogP contribution < -0.4 is 4.74 Å². The van der Waals surface area contributed by atoms with Crippen molar-refractivity contribution in [1.29, 1.82) is 0 Å². The number of hydrogen-bond donors (Lipinski definition) is 0. The first-order valence-electron chi connectivity index (χ1n) is 29.3. The van der Waals surface area contributed by atoms with Gasteiger partial charge >= 0.3 is 0 Å². The van der Waals surface area contributed by atoms with Gasteiger partial charge < -0.3 is 4.74 Å². The molecule has 1 heteroatoms. The maximum atomic E-state index is 5.85. The molecular formula is C81H62O. The molecule has 0 radical (unpaired) electrons. The third-order valence-electron chi connectivity index (χ3n) is 19.5. The molecule has 0 aromatic heterocycles. The number of benzene rings is 13. The second kappa shape index (κ2) is 17.6. The van der Waals surface area contributed by atoms with E-state index in [0.717, 1.165) is 5.75 Å². The predicted octanol–water partition coefficient (Wildman–Crippen LogP) is 22.0. The lowest BCUT2D eigenvalue weighted by atomic mass is 9.79. The van der Waals surface area contributed by atoms with E-state index in [9.17, 15) is 0 Å². The second-order valence-corrected chi connectivity index (χ2v) is 24.9. The van der Waals surface area contributed by atoms with E-state index in [2.05, 4.69) is 278 Å². The van der Waals surface area contributed by atoms with Crippen molar-refractivity contribution in [3.05, 3.63) is 270 Å². The smallest absolute Gasteiger partial charge is 0.119 e. The van der Waals surface area contributed by atoms with Gasteiger partial charge in [0.25, 0.3) is 0 Å². The summed E-state index contributed by atoms with van der Waals surface area (Å²) in [7, 11) is 0. The molecule has 82 heavy (non-hydrogen) atoms. The molecule has 0 saturated heterocycles. The Morgan fingerprint density at radius 1 is 0.244 bits per heavy atom. The molecule has 0 bridgehead atoms. The Hall–Kier alpha value is -9.30. The zero-order valence-electron chi connectivity index (χ0n) is 47.6. The quantitative estimate of drug-likeness (QED) is 0.145. The van der Waals surface area contributed by atoms with Gasteiger partial charge in [-0.2, -0.15) is 0 Å². The average Bonchev–Trinajstić information content (AvgIpc) is 3.87. The number of ether oxygens (including phenoxy) is 1. The van der Waals surface area contributed by atoms with Gasteiger partial charge in [-0.3, -0.25) is 0 Å². The van der Waals surface area contributed by atoms with E-state index in [4.69, 9.17) is 4.74 Å². The van der Waals surface area contributed by atoms with Crippen LogP contribution in [0.15, 0.2) is 237 Å². The lowest BCUT2D eigenvalue weighted by molar-refractivity contribution is 0.340. The molecule has 0 saturated carbocycles. The van der Waals surface area contributed by atoms with Crippen LogP contribution in [0.25, 0.3) is 132 Å². The molecule has 3 aliphatic carbocycles. The number of fused-ring (bicyclic) bond motifs is 13. The Labute approximate surface area is 481 Å². The number of rotatable bonds is 7. The summed E-state index contributed by atoms with van der Waals surface area (Å²) in [6.07, 6.45) is 0. The first kappa shape index (κ1) is 48.6. The third-order valence-corrected chi connectivity index (χ3v) is 19.5. The Morgan fingerprint density at radius 3 is 0.817 bits per heavy atom. The van der Waals surface area contributed by atoms with E-state index >= 15 is 0 Å². The third kappa shape index (κ3) is 6.86. The molecule has 13 aromatic rings. The average molecular weight is 1050 g/mol. The highest BCUT2D eigenvalue weighted by Gasteiger charge is 2.39. The summed E-state index contributed by atoms with van der Waals surface area (Å²) in [5.74, 6) is 0.895. The fourth-order valence-electron chi connectivity index (χ4n) is 15.4. The van der Waals surface area contributed by atoms with Crippen LogP contribution in [-0.2, 0) is 16.2 Å². The molecule has 16 rings (SSSR count). The van der Waals surface area contributed by atoms with Crippen LogP contribution >= 0.6 is 0 Å². The summed E-state index contributed by atoms with van der Waals surface area (Å²) in [5, 5.41) is 10.2. The van der Waals surface area contributed by atoms with Gasteiger partial charge in [0.15, 0.2) is 0 Å². The Kier molecular flexibility index (Phi) is 10.4. The molecule has 0 unspecified atom stereocenters. The van der Waals surface area contributed by atoms with E-state index in [1.54, 1.807) is 0 Å². The molecule has 0 atom stereocenters. The van der Waals surface area contributed by atoms with Crippen molar-refractivity contribution in [1.82, 2.24) is 0 Å². The summed E-state index contributed by atoms with van der Waals surface area (Å²) in [5.41, 5.74) is 28.4. The molecule has 3 aliphatic rings. The SMILES string of the molecule is CCOc1ccc(-c2c3ccccc3c(-c3ccc4c(c3)C(C)(C)c3cc(-c5ccc6c(c5)C(C)(C)c5cc(-c7c8ccccc8c(-c8ccc9c(c8)C(C)(C)c8ccccc8-9)c8ccccc78)ccc5-6)ccc3-4)c3ccccc23)cc1. The summed E-state index contributed by atoms with van der Waals surface area (Å²) < 4.78 is 5.85. The van der Waals surface area contributed by atoms with Crippen LogP contribution in [-0.4, -0.2) is 6.61 Å². The van der Waals surface area contributed by atoms with Gasteiger partial charge in [0.1, 0.15) is 5.75 Å². The molecule has 1 nitrogen and oxygen atoms in total. The van der Waals surface area contributed by atoms with E-state index < -0.39 is 0 Å². The van der Waals surface area contributed by atoms with E-state index in [0.29, 0.717) is 6.61 Å². The molecular weight excluding hydrogens is 989 g/mol. The zero-order valence-corrected chi connectivity index (χ0v) is 47.6. The van der Waals surface area contributed by atoms with Crippen LogP contribution in [0.3, 0.4) is 0 Å². The highest BCUT2D eigenvalue weighted by atomic mass is 16.5. The van der Waals surface area contributed by atoms with Crippen molar-refractivity contribution in [2.75, 3.05) is 6.61 Å². The van der Waals surface area contributed by atoms with Crippen LogP contribution in [0.4, 0.5) is 0 Å². The fraction of sp³-hybridized carbons (Fsp3) is 0.136. The molecule has 0 heterocycles. The summed E-state index contributed by atoms with van der Waals surface area (Å²) >= 11 is 0. The van der Waals surface area contributed by atoms with Crippen LogP contribution in [0, 0.1) is 0 Å². The van der Waals surface area contributed by atoms with Gasteiger partial charge in [0.2, 0.25) is 0 Å². The largest absolute Gasteiger partial charge is 0.494 e. The molecule has 13 aromatic carbocycles. The first-order valence-corrected chi connectivity index (χ1v) is 29.3. The van der Waals surface area contributed by atoms with Gasteiger partial charge in [0, 0.05) is 16.2 Å². The monoisotopic (exact) mass is 1050 g/mol. The topological polar surface area (TPSA) is 9.23 Å². The zero-order chi connectivity index (χ0) is 55.4. The van der Waals surface area contributed by atoms with Crippen molar-refractivity contribution in [2.45, 2.75) is 64.7 Å². The van der Waals surface area contributed by atoms with Gasteiger partial charge in [-0.1, -0.05) is 236 Å². The molecule has 0 spiro atoms. The molecule has 0 N–H and O–H groups in total. The maximum Gasteiger partial charge on any atom is 0.119 e. The van der Waals surface area contributed by atoms with Crippen molar-refractivity contribution < 1.29 is 4.74 Å². The molecule has 0 fully saturated rings. The predicted molar refractivity (Wildman–Crippen MR) is 348 cm³/mol. The van der Waals surface area contributed by atoms with Crippen LogP contribution in [0.1, 0.15) is 81.8 Å². The van der Waals surface area contributed by atoms with Crippen molar-refractivity contribution in [3.63, 3.8) is 0 Å². The minimum Gasteiger partial charge on any atom is -0.494 e. The van der Waals surface area contributed by atoms with Crippen LogP contribution in [0.2, 0.25) is 0 Å². The summed E-state index contributed by atoms with van der Waals surface area (Å²) in [4.78, 5) is 0.